The number of ether oxygens (including phenoxy) is 1. The summed E-state index contributed by atoms with van der Waals surface area (Å²) in [5.74, 6) is 1.27. The van der Waals surface area contributed by atoms with Crippen LogP contribution in [0.1, 0.15) is 51.0 Å². The summed E-state index contributed by atoms with van der Waals surface area (Å²) in [6.07, 6.45) is 4.14. The molecular weight excluding hydrogens is 262 g/mol. The predicted octanol–water partition coefficient (Wildman–Crippen LogP) is 4.20. The van der Waals surface area contributed by atoms with Gasteiger partial charge in [0.1, 0.15) is 0 Å². The summed E-state index contributed by atoms with van der Waals surface area (Å²) in [6, 6.07) is 8.54. The minimum Gasteiger partial charge on any atom is -0.469 e. The van der Waals surface area contributed by atoms with Crippen LogP contribution in [0.4, 0.5) is 5.69 Å². The van der Waals surface area contributed by atoms with E-state index in [9.17, 15) is 4.79 Å². The molecule has 2 rings (SSSR count). The fraction of sp³-hybridized carbons (Fsp3) is 0.611. The summed E-state index contributed by atoms with van der Waals surface area (Å²) in [5.41, 5.74) is 2.63. The van der Waals surface area contributed by atoms with E-state index >= 15 is 0 Å². The van der Waals surface area contributed by atoms with Crippen molar-refractivity contribution in [3.8, 4) is 0 Å². The lowest BCUT2D eigenvalue weighted by Crippen LogP contribution is -2.26. The van der Waals surface area contributed by atoms with Crippen molar-refractivity contribution in [1.82, 2.24) is 0 Å². The Labute approximate surface area is 128 Å². The molecule has 0 heterocycles. The number of carbonyl (C=O) groups excluding carboxylic acids is 1. The maximum atomic E-state index is 11.5. The minimum atomic E-state index is -0.0356. The molecule has 0 unspecified atom stereocenters. The summed E-state index contributed by atoms with van der Waals surface area (Å²) in [6.45, 7) is 5.45. The van der Waals surface area contributed by atoms with Gasteiger partial charge < -0.3 is 10.1 Å². The van der Waals surface area contributed by atoms with E-state index in [0.717, 1.165) is 32.2 Å². The van der Waals surface area contributed by atoms with Crippen LogP contribution in [0.25, 0.3) is 0 Å². The Morgan fingerprint density at radius 2 is 1.90 bits per heavy atom. The molecule has 0 spiro atoms. The second-order valence-corrected chi connectivity index (χ2v) is 6.36. The first-order valence-electron chi connectivity index (χ1n) is 8.02. The number of anilines is 1. The fourth-order valence-electron chi connectivity index (χ4n) is 3.18. The van der Waals surface area contributed by atoms with Crippen LogP contribution in [0.2, 0.25) is 0 Å². The van der Waals surface area contributed by atoms with Gasteiger partial charge in [0.05, 0.1) is 13.0 Å². The SMILES string of the molecule is COC(=O)C1CCC(CNc2ccccc2C(C)C)CC1. The molecule has 1 N–H and O–H groups in total. The predicted molar refractivity (Wildman–Crippen MR) is 86.5 cm³/mol. The van der Waals surface area contributed by atoms with E-state index in [1.54, 1.807) is 0 Å². The zero-order valence-electron chi connectivity index (χ0n) is 13.4. The van der Waals surface area contributed by atoms with Crippen molar-refractivity contribution in [3.63, 3.8) is 0 Å². The summed E-state index contributed by atoms with van der Waals surface area (Å²) >= 11 is 0. The number of hydrogen-bond acceptors (Lipinski definition) is 3. The number of esters is 1. The van der Waals surface area contributed by atoms with Gasteiger partial charge in [-0.3, -0.25) is 4.79 Å². The standard InChI is InChI=1S/C18H27NO2/c1-13(2)16-6-4-5-7-17(16)19-12-14-8-10-15(11-9-14)18(20)21-3/h4-7,13-15,19H,8-12H2,1-3H3. The van der Waals surface area contributed by atoms with Crippen LogP contribution in [0.5, 0.6) is 0 Å². The molecule has 1 aromatic rings. The van der Waals surface area contributed by atoms with E-state index in [1.165, 1.54) is 18.4 Å². The number of benzene rings is 1. The van der Waals surface area contributed by atoms with Crippen molar-refractivity contribution >= 4 is 11.7 Å². The summed E-state index contributed by atoms with van der Waals surface area (Å²) in [7, 11) is 1.48. The number of para-hydroxylation sites is 1. The molecular formula is C18H27NO2. The minimum absolute atomic E-state index is 0.0356. The van der Waals surface area contributed by atoms with Crippen LogP contribution in [-0.4, -0.2) is 19.6 Å². The highest BCUT2D eigenvalue weighted by Crippen LogP contribution is 2.30. The topological polar surface area (TPSA) is 38.3 Å². The molecule has 0 saturated heterocycles. The Hall–Kier alpha value is -1.51. The molecule has 0 aliphatic heterocycles. The third-order valence-electron chi connectivity index (χ3n) is 4.55. The molecule has 3 heteroatoms. The van der Waals surface area contributed by atoms with Crippen molar-refractivity contribution < 1.29 is 9.53 Å². The smallest absolute Gasteiger partial charge is 0.308 e. The van der Waals surface area contributed by atoms with Crippen molar-refractivity contribution in [2.24, 2.45) is 11.8 Å². The van der Waals surface area contributed by atoms with Crippen LogP contribution in [0.15, 0.2) is 24.3 Å². The lowest BCUT2D eigenvalue weighted by Gasteiger charge is -2.27. The van der Waals surface area contributed by atoms with E-state index in [2.05, 4.69) is 43.4 Å². The quantitative estimate of drug-likeness (QED) is 0.826. The van der Waals surface area contributed by atoms with Gasteiger partial charge >= 0.3 is 5.97 Å². The van der Waals surface area contributed by atoms with Crippen molar-refractivity contribution in [3.05, 3.63) is 29.8 Å². The average molecular weight is 289 g/mol. The summed E-state index contributed by atoms with van der Waals surface area (Å²) < 4.78 is 4.84. The van der Waals surface area contributed by atoms with Gasteiger partial charge in [-0.2, -0.15) is 0 Å². The Kier molecular flexibility index (Phi) is 5.66. The summed E-state index contributed by atoms with van der Waals surface area (Å²) in [4.78, 5) is 11.5. The van der Waals surface area contributed by atoms with Crippen molar-refractivity contribution in [2.45, 2.75) is 45.4 Å². The van der Waals surface area contributed by atoms with E-state index in [1.807, 2.05) is 0 Å². The second-order valence-electron chi connectivity index (χ2n) is 6.36. The van der Waals surface area contributed by atoms with Gasteiger partial charge in [0.2, 0.25) is 0 Å². The number of methoxy groups -OCH3 is 1. The van der Waals surface area contributed by atoms with Crippen LogP contribution in [-0.2, 0) is 9.53 Å². The molecule has 1 saturated carbocycles. The first-order chi connectivity index (χ1) is 10.1. The van der Waals surface area contributed by atoms with Gasteiger partial charge in [0, 0.05) is 12.2 Å². The highest BCUT2D eigenvalue weighted by Gasteiger charge is 2.26. The average Bonchev–Trinajstić information content (AvgIpc) is 2.52. The molecule has 0 aromatic heterocycles. The molecule has 0 bridgehead atoms. The Morgan fingerprint density at radius 1 is 1.24 bits per heavy atom. The summed E-state index contributed by atoms with van der Waals surface area (Å²) in [5, 5.41) is 3.61. The Balaban J connectivity index is 1.84. The highest BCUT2D eigenvalue weighted by molar-refractivity contribution is 5.72. The van der Waals surface area contributed by atoms with E-state index in [-0.39, 0.29) is 11.9 Å². The molecule has 1 aromatic carbocycles. The van der Waals surface area contributed by atoms with Gasteiger partial charge in [0.25, 0.3) is 0 Å². The molecule has 3 nitrogen and oxygen atoms in total. The first kappa shape index (κ1) is 15.9. The largest absolute Gasteiger partial charge is 0.469 e. The van der Waals surface area contributed by atoms with E-state index in [4.69, 9.17) is 4.74 Å². The van der Waals surface area contributed by atoms with Crippen molar-refractivity contribution in [1.29, 1.82) is 0 Å². The van der Waals surface area contributed by atoms with Gasteiger partial charge in [-0.15, -0.1) is 0 Å². The normalized spacial score (nSPS) is 22.1. The zero-order valence-corrected chi connectivity index (χ0v) is 13.4. The third kappa shape index (κ3) is 4.23. The fourth-order valence-corrected chi connectivity index (χ4v) is 3.18. The number of hydrogen-bond donors (Lipinski definition) is 1. The monoisotopic (exact) mass is 289 g/mol. The Morgan fingerprint density at radius 3 is 2.52 bits per heavy atom. The Bertz CT molecular complexity index is 462. The number of nitrogens with one attached hydrogen (secondary N) is 1. The van der Waals surface area contributed by atoms with Crippen LogP contribution in [0, 0.1) is 11.8 Å². The molecule has 0 atom stereocenters. The van der Waals surface area contributed by atoms with Crippen LogP contribution in [0.3, 0.4) is 0 Å². The van der Waals surface area contributed by atoms with Gasteiger partial charge in [-0.1, -0.05) is 32.0 Å². The molecule has 1 aliphatic carbocycles. The van der Waals surface area contributed by atoms with Gasteiger partial charge in [0.15, 0.2) is 0 Å². The lowest BCUT2D eigenvalue weighted by molar-refractivity contribution is -0.146. The van der Waals surface area contributed by atoms with E-state index < -0.39 is 0 Å². The first-order valence-corrected chi connectivity index (χ1v) is 8.02. The lowest BCUT2D eigenvalue weighted by atomic mass is 9.82. The maximum absolute atomic E-state index is 11.5. The van der Waals surface area contributed by atoms with Crippen LogP contribution < -0.4 is 5.32 Å². The van der Waals surface area contributed by atoms with Crippen molar-refractivity contribution in [2.75, 3.05) is 19.0 Å². The van der Waals surface area contributed by atoms with E-state index in [0.29, 0.717) is 11.8 Å². The molecule has 0 radical (unpaired) electrons. The molecule has 21 heavy (non-hydrogen) atoms. The molecule has 1 fully saturated rings. The van der Waals surface area contributed by atoms with Gasteiger partial charge in [-0.05, 0) is 49.1 Å². The highest BCUT2D eigenvalue weighted by atomic mass is 16.5. The maximum Gasteiger partial charge on any atom is 0.308 e. The second kappa shape index (κ2) is 7.48. The molecule has 116 valence electrons. The third-order valence-corrected chi connectivity index (χ3v) is 4.55. The molecule has 1 aliphatic rings. The zero-order chi connectivity index (χ0) is 15.2. The molecule has 0 amide bonds. The van der Waals surface area contributed by atoms with Gasteiger partial charge in [-0.25, -0.2) is 0 Å². The number of carbonyl (C=O) groups is 1. The number of rotatable bonds is 5. The van der Waals surface area contributed by atoms with Crippen LogP contribution >= 0.6 is 0 Å².